The van der Waals surface area contributed by atoms with Crippen molar-refractivity contribution in [2.24, 2.45) is 0 Å². The molecule has 1 rings (SSSR count). The molecule has 0 saturated carbocycles. The third kappa shape index (κ3) is 6.71. The third-order valence-corrected chi connectivity index (χ3v) is 2.58. The van der Waals surface area contributed by atoms with Gasteiger partial charge in [0.1, 0.15) is 5.82 Å². The maximum atomic E-state index is 11.8. The average Bonchev–Trinajstić information content (AvgIpc) is 2.40. The van der Waals surface area contributed by atoms with Crippen LogP contribution in [0.1, 0.15) is 20.3 Å². The van der Waals surface area contributed by atoms with E-state index in [0.717, 1.165) is 0 Å². The summed E-state index contributed by atoms with van der Waals surface area (Å²) in [4.78, 5) is 37.8. The van der Waals surface area contributed by atoms with Crippen molar-refractivity contribution >= 4 is 35.2 Å². The van der Waals surface area contributed by atoms with Crippen molar-refractivity contribution in [2.45, 2.75) is 26.4 Å². The fourth-order valence-electron chi connectivity index (χ4n) is 1.33. The lowest BCUT2D eigenvalue weighted by Gasteiger charge is -2.13. The Morgan fingerprint density at radius 3 is 2.67 bits per heavy atom. The number of esters is 1. The van der Waals surface area contributed by atoms with Gasteiger partial charge in [0.05, 0.1) is 11.4 Å². The Morgan fingerprint density at radius 2 is 2.10 bits per heavy atom. The topological polar surface area (TPSA) is 97.4 Å². The van der Waals surface area contributed by atoms with Crippen molar-refractivity contribution in [3.05, 3.63) is 23.4 Å². The Morgan fingerprint density at radius 1 is 1.38 bits per heavy atom. The molecule has 0 aliphatic rings. The number of nitrogens with zero attached hydrogens (tertiary/aromatic N) is 1. The lowest BCUT2D eigenvalue weighted by Crippen LogP contribution is -2.31. The zero-order chi connectivity index (χ0) is 15.8. The molecule has 2 amide bonds. The van der Waals surface area contributed by atoms with Crippen LogP contribution in [-0.2, 0) is 19.1 Å². The largest absolute Gasteiger partial charge is 0.452 e. The lowest BCUT2D eigenvalue weighted by molar-refractivity contribution is -0.153. The number of pyridine rings is 1. The molecule has 1 aromatic rings. The zero-order valence-electron chi connectivity index (χ0n) is 11.7. The predicted molar refractivity (Wildman–Crippen MR) is 76.7 cm³/mol. The van der Waals surface area contributed by atoms with Crippen molar-refractivity contribution in [3.63, 3.8) is 0 Å². The molecule has 114 valence electrons. The monoisotopic (exact) mass is 313 g/mol. The number of hydrogen-bond donors (Lipinski definition) is 2. The molecule has 1 unspecified atom stereocenters. The molecular formula is C13H16ClN3O4. The van der Waals surface area contributed by atoms with Crippen LogP contribution in [0.4, 0.5) is 5.82 Å². The summed E-state index contributed by atoms with van der Waals surface area (Å²) in [5, 5.41) is 5.40. The van der Waals surface area contributed by atoms with E-state index in [0.29, 0.717) is 10.8 Å². The highest BCUT2D eigenvalue weighted by molar-refractivity contribution is 6.30. The first kappa shape index (κ1) is 16.9. The van der Waals surface area contributed by atoms with Crippen LogP contribution in [0.15, 0.2) is 18.3 Å². The molecule has 0 fully saturated rings. The van der Waals surface area contributed by atoms with Gasteiger partial charge in [0, 0.05) is 19.7 Å². The molecule has 0 aliphatic heterocycles. The molecule has 0 aliphatic carbocycles. The van der Waals surface area contributed by atoms with E-state index in [4.69, 9.17) is 16.3 Å². The summed E-state index contributed by atoms with van der Waals surface area (Å²) in [5.41, 5.74) is 0. The Balaban J connectivity index is 2.38. The first-order valence-electron chi connectivity index (χ1n) is 6.25. The van der Waals surface area contributed by atoms with E-state index >= 15 is 0 Å². The first-order valence-corrected chi connectivity index (χ1v) is 6.62. The van der Waals surface area contributed by atoms with E-state index in [1.54, 1.807) is 6.07 Å². The first-order chi connectivity index (χ1) is 9.88. The van der Waals surface area contributed by atoms with E-state index in [1.807, 2.05) is 0 Å². The second kappa shape index (κ2) is 8.21. The van der Waals surface area contributed by atoms with E-state index in [-0.39, 0.29) is 18.9 Å². The Kier molecular flexibility index (Phi) is 6.61. The molecule has 1 atom stereocenters. The van der Waals surface area contributed by atoms with Crippen molar-refractivity contribution in [2.75, 3.05) is 11.9 Å². The van der Waals surface area contributed by atoms with Crippen LogP contribution in [0.5, 0.6) is 0 Å². The Bertz CT molecular complexity index is 519. The van der Waals surface area contributed by atoms with Gasteiger partial charge < -0.3 is 15.4 Å². The number of amides is 2. The van der Waals surface area contributed by atoms with Gasteiger partial charge in [0.15, 0.2) is 6.10 Å². The Labute approximate surface area is 127 Å². The highest BCUT2D eigenvalue weighted by Gasteiger charge is 2.18. The van der Waals surface area contributed by atoms with Gasteiger partial charge in [-0.2, -0.15) is 0 Å². The van der Waals surface area contributed by atoms with Crippen LogP contribution in [0.25, 0.3) is 0 Å². The smallest absolute Gasteiger partial charge is 0.308 e. The number of hydrogen-bond acceptors (Lipinski definition) is 5. The molecule has 0 aromatic carbocycles. The molecule has 21 heavy (non-hydrogen) atoms. The van der Waals surface area contributed by atoms with Crippen molar-refractivity contribution in [3.8, 4) is 0 Å². The third-order valence-electron chi connectivity index (χ3n) is 2.36. The number of rotatable bonds is 6. The molecule has 8 heteroatoms. The summed E-state index contributed by atoms with van der Waals surface area (Å²) in [5.74, 6) is -0.999. The van der Waals surface area contributed by atoms with Crippen LogP contribution in [0.3, 0.4) is 0 Å². The predicted octanol–water partition coefficient (Wildman–Crippen LogP) is 1.13. The van der Waals surface area contributed by atoms with Crippen LogP contribution in [0.2, 0.25) is 5.02 Å². The van der Waals surface area contributed by atoms with E-state index in [1.165, 1.54) is 26.1 Å². The number of carbonyl (C=O) groups is 3. The standard InChI is InChI=1S/C13H16ClN3O4/c1-8(21-12(19)5-6-15-9(2)18)13(20)17-11-4-3-10(14)7-16-11/h3-4,7-8H,5-6H2,1-2H3,(H,15,18)(H,16,17,20). The minimum absolute atomic E-state index is 0.00358. The summed E-state index contributed by atoms with van der Waals surface area (Å²) < 4.78 is 4.93. The summed E-state index contributed by atoms with van der Waals surface area (Å²) in [6, 6.07) is 3.11. The molecule has 1 aromatic heterocycles. The van der Waals surface area contributed by atoms with E-state index in [2.05, 4.69) is 15.6 Å². The molecule has 1 heterocycles. The van der Waals surface area contributed by atoms with Gasteiger partial charge in [0.2, 0.25) is 5.91 Å². The lowest BCUT2D eigenvalue weighted by atomic mass is 10.3. The number of aromatic nitrogens is 1. The molecule has 7 nitrogen and oxygen atoms in total. The highest BCUT2D eigenvalue weighted by atomic mass is 35.5. The van der Waals surface area contributed by atoms with Crippen molar-refractivity contribution in [1.82, 2.24) is 10.3 Å². The second-order valence-electron chi connectivity index (χ2n) is 4.22. The van der Waals surface area contributed by atoms with Crippen molar-refractivity contribution in [1.29, 1.82) is 0 Å². The number of nitrogens with one attached hydrogen (secondary N) is 2. The highest BCUT2D eigenvalue weighted by Crippen LogP contribution is 2.10. The van der Waals surface area contributed by atoms with Crippen molar-refractivity contribution < 1.29 is 19.1 Å². The number of halogens is 1. The van der Waals surface area contributed by atoms with Crippen LogP contribution in [-0.4, -0.2) is 35.4 Å². The van der Waals surface area contributed by atoms with Gasteiger partial charge in [-0.1, -0.05) is 11.6 Å². The molecule has 2 N–H and O–H groups in total. The molecule has 0 spiro atoms. The zero-order valence-corrected chi connectivity index (χ0v) is 12.4. The molecule has 0 bridgehead atoms. The van der Waals surface area contributed by atoms with E-state index < -0.39 is 18.0 Å². The summed E-state index contributed by atoms with van der Waals surface area (Å²) in [6.45, 7) is 2.96. The quantitative estimate of drug-likeness (QED) is 0.767. The van der Waals surface area contributed by atoms with Gasteiger partial charge in [-0.25, -0.2) is 4.98 Å². The summed E-state index contributed by atoms with van der Waals surface area (Å²) in [7, 11) is 0. The maximum Gasteiger partial charge on any atom is 0.308 e. The number of carbonyl (C=O) groups excluding carboxylic acids is 3. The molecular weight excluding hydrogens is 298 g/mol. The van der Waals surface area contributed by atoms with Crippen LogP contribution < -0.4 is 10.6 Å². The normalized spacial score (nSPS) is 11.4. The van der Waals surface area contributed by atoms with Crippen LogP contribution >= 0.6 is 11.6 Å². The summed E-state index contributed by atoms with van der Waals surface area (Å²) in [6.07, 6.45) is 0.421. The SMILES string of the molecule is CC(=O)NCCC(=O)OC(C)C(=O)Nc1ccc(Cl)cn1. The minimum atomic E-state index is -0.965. The minimum Gasteiger partial charge on any atom is -0.452 e. The second-order valence-corrected chi connectivity index (χ2v) is 4.65. The van der Waals surface area contributed by atoms with Gasteiger partial charge in [0.25, 0.3) is 5.91 Å². The summed E-state index contributed by atoms with van der Waals surface area (Å²) >= 11 is 5.68. The number of anilines is 1. The van der Waals surface area contributed by atoms with Gasteiger partial charge in [-0.15, -0.1) is 0 Å². The average molecular weight is 314 g/mol. The maximum absolute atomic E-state index is 11.8. The van der Waals surface area contributed by atoms with Gasteiger partial charge in [-0.3, -0.25) is 14.4 Å². The van der Waals surface area contributed by atoms with Gasteiger partial charge >= 0.3 is 5.97 Å². The Hall–Kier alpha value is -2.15. The van der Waals surface area contributed by atoms with Crippen LogP contribution in [0, 0.1) is 0 Å². The molecule has 0 radical (unpaired) electrons. The fourth-order valence-corrected chi connectivity index (χ4v) is 1.44. The molecule has 0 saturated heterocycles. The fraction of sp³-hybridized carbons (Fsp3) is 0.385. The number of ether oxygens (including phenoxy) is 1. The van der Waals surface area contributed by atoms with E-state index in [9.17, 15) is 14.4 Å². The van der Waals surface area contributed by atoms with Gasteiger partial charge in [-0.05, 0) is 19.1 Å².